The van der Waals surface area contributed by atoms with Crippen molar-refractivity contribution in [2.45, 2.75) is 13.3 Å². The predicted octanol–water partition coefficient (Wildman–Crippen LogP) is 4.68. The summed E-state index contributed by atoms with van der Waals surface area (Å²) >= 11 is 12.5. The van der Waals surface area contributed by atoms with Crippen LogP contribution >= 0.6 is 23.2 Å². The van der Waals surface area contributed by atoms with Gasteiger partial charge in [-0.3, -0.25) is 4.98 Å². The summed E-state index contributed by atoms with van der Waals surface area (Å²) in [4.78, 5) is 12.0. The first-order chi connectivity index (χ1) is 10.1. The largest absolute Gasteiger partial charge is 0.345 e. The van der Waals surface area contributed by atoms with Gasteiger partial charge in [-0.15, -0.1) is 0 Å². The molecule has 0 aliphatic heterocycles. The van der Waals surface area contributed by atoms with Gasteiger partial charge in [0.1, 0.15) is 5.82 Å². The number of nitrogens with zero attached hydrogens (tertiary/aromatic N) is 2. The first-order valence-corrected chi connectivity index (χ1v) is 7.29. The Balaban J connectivity index is 1.99. The summed E-state index contributed by atoms with van der Waals surface area (Å²) in [5, 5.41) is 1.20. The smallest absolute Gasteiger partial charge is 0.111 e. The van der Waals surface area contributed by atoms with Crippen LogP contribution in [0.15, 0.2) is 42.7 Å². The van der Waals surface area contributed by atoms with Crippen molar-refractivity contribution in [1.29, 1.82) is 0 Å². The van der Waals surface area contributed by atoms with Crippen molar-refractivity contribution >= 4 is 23.2 Å². The molecule has 1 aromatic carbocycles. The van der Waals surface area contributed by atoms with Gasteiger partial charge in [-0.1, -0.05) is 35.3 Å². The Morgan fingerprint density at radius 2 is 1.86 bits per heavy atom. The molecule has 2 heterocycles. The summed E-state index contributed by atoms with van der Waals surface area (Å²) in [5.41, 5.74) is 3.61. The van der Waals surface area contributed by atoms with Gasteiger partial charge in [-0.25, -0.2) is 4.98 Å². The third kappa shape index (κ3) is 2.94. The van der Waals surface area contributed by atoms with Gasteiger partial charge in [0.05, 0.1) is 15.7 Å². The molecule has 0 atom stereocenters. The lowest BCUT2D eigenvalue weighted by atomic mass is 10.1. The highest BCUT2D eigenvalue weighted by Gasteiger charge is 2.15. The monoisotopic (exact) mass is 317 g/mol. The number of hydrogen-bond donors (Lipinski definition) is 1. The minimum Gasteiger partial charge on any atom is -0.345 e. The molecule has 0 aliphatic rings. The van der Waals surface area contributed by atoms with Gasteiger partial charge in [0.15, 0.2) is 0 Å². The average Bonchev–Trinajstić information content (AvgIpc) is 2.80. The van der Waals surface area contributed by atoms with E-state index < -0.39 is 0 Å². The number of rotatable bonds is 3. The zero-order valence-corrected chi connectivity index (χ0v) is 12.9. The Bertz CT molecular complexity index is 746. The van der Waals surface area contributed by atoms with Gasteiger partial charge in [-0.05, 0) is 30.7 Å². The number of benzene rings is 1. The summed E-state index contributed by atoms with van der Waals surface area (Å²) in [6, 6.07) is 9.39. The molecule has 3 rings (SSSR count). The SMILES string of the molecule is Cc1[nH]c(Cc2cccnc2)nc1-c1c(Cl)cccc1Cl. The van der Waals surface area contributed by atoms with Gasteiger partial charge < -0.3 is 4.98 Å². The van der Waals surface area contributed by atoms with Crippen LogP contribution in [0, 0.1) is 6.92 Å². The Kier molecular flexibility index (Phi) is 3.95. The van der Waals surface area contributed by atoms with E-state index in [4.69, 9.17) is 23.2 Å². The van der Waals surface area contributed by atoms with E-state index in [1.807, 2.05) is 43.5 Å². The van der Waals surface area contributed by atoms with Crippen molar-refractivity contribution in [3.8, 4) is 11.3 Å². The number of halogens is 2. The lowest BCUT2D eigenvalue weighted by Gasteiger charge is -2.04. The second-order valence-corrected chi connectivity index (χ2v) is 5.61. The van der Waals surface area contributed by atoms with E-state index in [0.29, 0.717) is 16.5 Å². The third-order valence-electron chi connectivity index (χ3n) is 3.23. The first-order valence-electron chi connectivity index (χ1n) is 6.54. The van der Waals surface area contributed by atoms with E-state index in [1.54, 1.807) is 6.20 Å². The maximum Gasteiger partial charge on any atom is 0.111 e. The Morgan fingerprint density at radius 1 is 1.10 bits per heavy atom. The molecule has 106 valence electrons. The molecular weight excluding hydrogens is 305 g/mol. The highest BCUT2D eigenvalue weighted by molar-refractivity contribution is 6.39. The van der Waals surface area contributed by atoms with E-state index in [2.05, 4.69) is 15.0 Å². The first kappa shape index (κ1) is 14.1. The molecular formula is C16H13Cl2N3. The van der Waals surface area contributed by atoms with Crippen LogP contribution in [-0.4, -0.2) is 15.0 Å². The molecule has 0 fully saturated rings. The van der Waals surface area contributed by atoms with Crippen LogP contribution in [0.25, 0.3) is 11.3 Å². The molecule has 3 nitrogen and oxygen atoms in total. The van der Waals surface area contributed by atoms with Crippen LogP contribution in [0.5, 0.6) is 0 Å². The maximum atomic E-state index is 6.26. The lowest BCUT2D eigenvalue weighted by molar-refractivity contribution is 1.01. The van der Waals surface area contributed by atoms with Crippen LogP contribution in [0.2, 0.25) is 10.0 Å². The minimum atomic E-state index is 0.602. The number of pyridine rings is 1. The van der Waals surface area contributed by atoms with Gasteiger partial charge >= 0.3 is 0 Å². The molecule has 0 aliphatic carbocycles. The maximum absolute atomic E-state index is 6.26. The Labute approximate surface area is 133 Å². The second kappa shape index (κ2) is 5.88. The van der Waals surface area contributed by atoms with E-state index in [0.717, 1.165) is 28.3 Å². The van der Waals surface area contributed by atoms with Crippen LogP contribution < -0.4 is 0 Å². The molecule has 0 radical (unpaired) electrons. The molecule has 21 heavy (non-hydrogen) atoms. The normalized spacial score (nSPS) is 10.8. The summed E-state index contributed by atoms with van der Waals surface area (Å²) in [6.07, 6.45) is 4.28. The fourth-order valence-electron chi connectivity index (χ4n) is 2.27. The summed E-state index contributed by atoms with van der Waals surface area (Å²) < 4.78 is 0. The predicted molar refractivity (Wildman–Crippen MR) is 85.8 cm³/mol. The molecule has 0 spiro atoms. The molecule has 0 amide bonds. The molecule has 1 N–H and O–H groups in total. The minimum absolute atomic E-state index is 0.602. The third-order valence-corrected chi connectivity index (χ3v) is 3.86. The molecule has 0 saturated carbocycles. The van der Waals surface area contributed by atoms with Crippen molar-refractivity contribution in [2.75, 3.05) is 0 Å². The Hall–Kier alpha value is -1.84. The standard InChI is InChI=1S/C16H13Cl2N3/c1-10-16(15-12(17)5-2-6-13(15)18)21-14(20-10)8-11-4-3-7-19-9-11/h2-7,9H,8H2,1H3,(H,20,21). The van der Waals surface area contributed by atoms with Gasteiger partial charge in [0.25, 0.3) is 0 Å². The average molecular weight is 318 g/mol. The van der Waals surface area contributed by atoms with Crippen molar-refractivity contribution in [2.24, 2.45) is 0 Å². The molecule has 5 heteroatoms. The van der Waals surface area contributed by atoms with Crippen LogP contribution in [-0.2, 0) is 6.42 Å². The van der Waals surface area contributed by atoms with Crippen molar-refractivity contribution in [3.05, 3.63) is 69.9 Å². The van der Waals surface area contributed by atoms with E-state index in [1.165, 1.54) is 0 Å². The van der Waals surface area contributed by atoms with Crippen molar-refractivity contribution in [3.63, 3.8) is 0 Å². The van der Waals surface area contributed by atoms with Gasteiger partial charge in [-0.2, -0.15) is 0 Å². The fraction of sp³-hybridized carbons (Fsp3) is 0.125. The summed E-state index contributed by atoms with van der Waals surface area (Å²) in [6.45, 7) is 1.97. The molecule has 0 unspecified atom stereocenters. The summed E-state index contributed by atoms with van der Waals surface area (Å²) in [7, 11) is 0. The van der Waals surface area contributed by atoms with Crippen molar-refractivity contribution < 1.29 is 0 Å². The lowest BCUT2D eigenvalue weighted by Crippen LogP contribution is -1.91. The molecule has 3 aromatic rings. The van der Waals surface area contributed by atoms with Crippen LogP contribution in [0.4, 0.5) is 0 Å². The number of hydrogen-bond acceptors (Lipinski definition) is 2. The zero-order chi connectivity index (χ0) is 14.8. The van der Waals surface area contributed by atoms with Crippen LogP contribution in [0.3, 0.4) is 0 Å². The quantitative estimate of drug-likeness (QED) is 0.762. The second-order valence-electron chi connectivity index (χ2n) is 4.79. The van der Waals surface area contributed by atoms with Gasteiger partial charge in [0, 0.05) is 30.1 Å². The molecule has 0 saturated heterocycles. The number of aromatic amines is 1. The summed E-state index contributed by atoms with van der Waals surface area (Å²) in [5.74, 6) is 0.867. The van der Waals surface area contributed by atoms with E-state index >= 15 is 0 Å². The van der Waals surface area contributed by atoms with Crippen molar-refractivity contribution in [1.82, 2.24) is 15.0 Å². The van der Waals surface area contributed by atoms with E-state index in [-0.39, 0.29) is 0 Å². The number of imidazole rings is 1. The van der Waals surface area contributed by atoms with Gasteiger partial charge in [0.2, 0.25) is 0 Å². The Morgan fingerprint density at radius 3 is 2.52 bits per heavy atom. The number of nitrogens with one attached hydrogen (secondary N) is 1. The number of H-pyrrole nitrogens is 1. The van der Waals surface area contributed by atoms with Crippen LogP contribution in [0.1, 0.15) is 17.1 Å². The fourth-order valence-corrected chi connectivity index (χ4v) is 2.85. The number of aromatic nitrogens is 3. The highest BCUT2D eigenvalue weighted by atomic mass is 35.5. The van der Waals surface area contributed by atoms with E-state index in [9.17, 15) is 0 Å². The number of aryl methyl sites for hydroxylation is 1. The highest BCUT2D eigenvalue weighted by Crippen LogP contribution is 2.35. The molecule has 2 aromatic heterocycles. The molecule has 0 bridgehead atoms. The zero-order valence-electron chi connectivity index (χ0n) is 11.4. The topological polar surface area (TPSA) is 41.6 Å².